The van der Waals surface area contributed by atoms with Crippen molar-refractivity contribution in [2.24, 2.45) is 0 Å². The maximum absolute atomic E-state index is 13.3. The van der Waals surface area contributed by atoms with Crippen molar-refractivity contribution in [1.82, 2.24) is 9.62 Å². The summed E-state index contributed by atoms with van der Waals surface area (Å²) in [6.45, 7) is 2.50. The first kappa shape index (κ1) is 29.5. The van der Waals surface area contributed by atoms with E-state index in [2.05, 4.69) is 27.8 Å². The predicted molar refractivity (Wildman–Crippen MR) is 161 cm³/mol. The Labute approximate surface area is 247 Å². The third-order valence-electron chi connectivity index (χ3n) is 8.47. The van der Waals surface area contributed by atoms with Crippen LogP contribution in [0.1, 0.15) is 61.1 Å². The molecule has 2 heterocycles. The summed E-state index contributed by atoms with van der Waals surface area (Å²) in [6.07, 6.45) is 10.7. The summed E-state index contributed by atoms with van der Waals surface area (Å²) < 4.78 is 32.6. The van der Waals surface area contributed by atoms with E-state index in [-0.39, 0.29) is 17.7 Å². The molecule has 1 spiro atoms. The topological polar surface area (TPSA) is 96.0 Å². The van der Waals surface area contributed by atoms with Gasteiger partial charge in [-0.25, -0.2) is 8.42 Å². The molecule has 1 aliphatic carbocycles. The van der Waals surface area contributed by atoms with Gasteiger partial charge in [0.15, 0.2) is 0 Å². The molecule has 2 amide bonds. The molecule has 0 radical (unpaired) electrons. The highest BCUT2D eigenvalue weighted by Crippen LogP contribution is 2.45. The molecular weight excluding hydrogens is 562 g/mol. The largest absolute Gasteiger partial charge is 0.490 e. The summed E-state index contributed by atoms with van der Waals surface area (Å²) in [7, 11) is -2.12. The molecule has 10 heteroatoms. The van der Waals surface area contributed by atoms with E-state index >= 15 is 0 Å². The number of nitrogens with one attached hydrogen (secondary N) is 1. The number of ether oxygens (including phenoxy) is 1. The Bertz CT molecular complexity index is 1460. The van der Waals surface area contributed by atoms with Crippen molar-refractivity contribution >= 4 is 39.1 Å². The number of likely N-dealkylation sites (N-methyl/N-ethyl adjacent to an activating group) is 1. The number of fused-ring (bicyclic) bond motifs is 3. The highest BCUT2D eigenvalue weighted by Gasteiger charge is 2.42. The third-order valence-corrected chi connectivity index (χ3v) is 9.27. The molecule has 2 aliphatic heterocycles. The molecule has 0 unspecified atom stereocenters. The Kier molecular flexibility index (Phi) is 8.66. The van der Waals surface area contributed by atoms with Gasteiger partial charge in [-0.1, -0.05) is 35.9 Å². The van der Waals surface area contributed by atoms with E-state index in [0.717, 1.165) is 74.3 Å². The number of rotatable bonds is 2. The predicted octanol–water partition coefficient (Wildman–Crippen LogP) is 4.56. The van der Waals surface area contributed by atoms with E-state index in [4.69, 9.17) is 16.3 Å². The third kappa shape index (κ3) is 6.72. The van der Waals surface area contributed by atoms with Gasteiger partial charge in [0.2, 0.25) is 21.8 Å². The zero-order chi connectivity index (χ0) is 29.2. The number of aryl methyl sites for hydroxylation is 1. The Balaban J connectivity index is 1.57. The van der Waals surface area contributed by atoms with Gasteiger partial charge in [-0.05, 0) is 79.5 Å². The Morgan fingerprint density at radius 2 is 1.95 bits per heavy atom. The SMILES string of the molecule is CN1C/C=C\CCCCN2C[C@@]3(CCCc4cc(Cl)ccc43)COc3ccc(cc32)[C@H](C(=O)NS(C)(=O)=O)CC1=O. The van der Waals surface area contributed by atoms with Crippen LogP contribution >= 0.6 is 11.6 Å². The van der Waals surface area contributed by atoms with Crippen molar-refractivity contribution < 1.29 is 22.7 Å². The summed E-state index contributed by atoms with van der Waals surface area (Å²) in [5.41, 5.74) is 3.77. The maximum atomic E-state index is 13.3. The minimum absolute atomic E-state index is 0.149. The van der Waals surface area contributed by atoms with E-state index in [1.807, 2.05) is 24.3 Å². The van der Waals surface area contributed by atoms with E-state index in [9.17, 15) is 18.0 Å². The minimum Gasteiger partial charge on any atom is -0.490 e. The van der Waals surface area contributed by atoms with Crippen LogP contribution in [0.5, 0.6) is 5.75 Å². The van der Waals surface area contributed by atoms with Gasteiger partial charge in [0.05, 0.1) is 24.5 Å². The van der Waals surface area contributed by atoms with Gasteiger partial charge < -0.3 is 14.5 Å². The number of hydrogen-bond acceptors (Lipinski definition) is 6. The summed E-state index contributed by atoms with van der Waals surface area (Å²) in [5, 5.41) is 0.740. The fourth-order valence-electron chi connectivity index (χ4n) is 6.35. The minimum atomic E-state index is -3.81. The lowest BCUT2D eigenvalue weighted by Crippen LogP contribution is -2.46. The molecule has 41 heavy (non-hydrogen) atoms. The number of nitrogens with zero attached hydrogens (tertiary/aromatic N) is 2. The van der Waals surface area contributed by atoms with Gasteiger partial charge in [-0.2, -0.15) is 0 Å². The quantitative estimate of drug-likeness (QED) is 0.509. The lowest BCUT2D eigenvalue weighted by Gasteiger charge is -2.41. The van der Waals surface area contributed by atoms with E-state index in [0.29, 0.717) is 18.7 Å². The van der Waals surface area contributed by atoms with Gasteiger partial charge in [-0.15, -0.1) is 0 Å². The first-order valence-corrected chi connectivity index (χ1v) is 16.5. The molecule has 1 N–H and O–H groups in total. The van der Waals surface area contributed by atoms with Gasteiger partial charge >= 0.3 is 0 Å². The number of anilines is 1. The van der Waals surface area contributed by atoms with Gasteiger partial charge in [0, 0.05) is 43.5 Å². The van der Waals surface area contributed by atoms with Gasteiger partial charge in [-0.3, -0.25) is 14.3 Å². The van der Waals surface area contributed by atoms with Crippen LogP contribution in [0.4, 0.5) is 5.69 Å². The first-order chi connectivity index (χ1) is 19.5. The van der Waals surface area contributed by atoms with Crippen LogP contribution in [0, 0.1) is 0 Å². The van der Waals surface area contributed by atoms with Crippen molar-refractivity contribution in [2.75, 3.05) is 44.4 Å². The van der Waals surface area contributed by atoms with Crippen molar-refractivity contribution in [3.8, 4) is 5.75 Å². The zero-order valence-corrected chi connectivity index (χ0v) is 25.3. The highest BCUT2D eigenvalue weighted by molar-refractivity contribution is 7.89. The number of allylic oxidation sites excluding steroid dienone is 1. The second-order valence-corrected chi connectivity index (χ2v) is 13.8. The average Bonchev–Trinajstić information content (AvgIpc) is 3.06. The lowest BCUT2D eigenvalue weighted by molar-refractivity contribution is -0.132. The number of hydrogen-bond donors (Lipinski definition) is 1. The molecule has 0 saturated heterocycles. The fourth-order valence-corrected chi connectivity index (χ4v) is 7.05. The van der Waals surface area contributed by atoms with Crippen molar-refractivity contribution in [2.45, 2.75) is 56.3 Å². The monoisotopic (exact) mass is 599 g/mol. The number of sulfonamides is 1. The fraction of sp³-hybridized carbons (Fsp3) is 0.484. The molecule has 2 atom stereocenters. The molecular formula is C31H38ClN3O5S. The first-order valence-electron chi connectivity index (χ1n) is 14.3. The summed E-state index contributed by atoms with van der Waals surface area (Å²) >= 11 is 6.37. The van der Waals surface area contributed by atoms with Crippen LogP contribution in [-0.4, -0.2) is 64.7 Å². The number of halogens is 1. The molecule has 220 valence electrons. The Hall–Kier alpha value is -3.04. The zero-order valence-electron chi connectivity index (χ0n) is 23.7. The number of carbonyl (C=O) groups is 2. The molecule has 2 bridgehead atoms. The van der Waals surface area contributed by atoms with E-state index in [1.54, 1.807) is 18.0 Å². The summed E-state index contributed by atoms with van der Waals surface area (Å²) in [6, 6.07) is 11.7. The van der Waals surface area contributed by atoms with Crippen LogP contribution in [0.15, 0.2) is 48.6 Å². The van der Waals surface area contributed by atoms with Crippen LogP contribution in [0.3, 0.4) is 0 Å². The van der Waals surface area contributed by atoms with E-state index in [1.165, 1.54) is 11.1 Å². The summed E-state index contributed by atoms with van der Waals surface area (Å²) in [5.74, 6) is -1.21. The van der Waals surface area contributed by atoms with Crippen molar-refractivity contribution in [3.63, 3.8) is 0 Å². The molecule has 0 fully saturated rings. The average molecular weight is 600 g/mol. The van der Waals surface area contributed by atoms with Crippen molar-refractivity contribution in [1.29, 1.82) is 0 Å². The second kappa shape index (κ2) is 12.1. The standard InChI is InChI=1S/C31H38ClN3O5S/c1-34-15-6-4-3-5-7-16-35-20-31(14-8-9-23-17-24(32)11-12-26(23)31)21-40-28-13-10-22(18-27(28)35)25(19-29(34)36)30(37)33-41(2,38)39/h4,6,10-13,17-18,25H,3,5,7-9,14-16,19-21H2,1-2H3,(H,33,37)/b6-4-/t25-,31+/m1/s1. The lowest BCUT2D eigenvalue weighted by atomic mass is 9.70. The number of amides is 2. The van der Waals surface area contributed by atoms with E-state index < -0.39 is 21.8 Å². The number of carbonyl (C=O) groups excluding carboxylic acids is 2. The number of benzene rings is 2. The second-order valence-electron chi connectivity index (χ2n) is 11.6. The summed E-state index contributed by atoms with van der Waals surface area (Å²) in [4.78, 5) is 30.3. The molecule has 3 aliphatic rings. The smallest absolute Gasteiger partial charge is 0.241 e. The van der Waals surface area contributed by atoms with Gasteiger partial charge in [0.25, 0.3) is 0 Å². The Morgan fingerprint density at radius 3 is 2.76 bits per heavy atom. The van der Waals surface area contributed by atoms with Crippen LogP contribution < -0.4 is 14.4 Å². The molecule has 8 nitrogen and oxygen atoms in total. The van der Waals surface area contributed by atoms with Crippen LogP contribution in [0.25, 0.3) is 0 Å². The van der Waals surface area contributed by atoms with Crippen LogP contribution in [0.2, 0.25) is 5.02 Å². The molecule has 2 aromatic rings. The van der Waals surface area contributed by atoms with Gasteiger partial charge in [0.1, 0.15) is 5.75 Å². The van der Waals surface area contributed by atoms with Crippen molar-refractivity contribution in [3.05, 3.63) is 70.3 Å². The molecule has 0 saturated carbocycles. The highest BCUT2D eigenvalue weighted by atomic mass is 35.5. The normalized spacial score (nSPS) is 24.4. The molecule has 5 rings (SSSR count). The molecule has 2 aromatic carbocycles. The molecule has 0 aromatic heterocycles. The van der Waals surface area contributed by atoms with Crippen LogP contribution in [-0.2, 0) is 31.4 Å². The maximum Gasteiger partial charge on any atom is 0.241 e. The Morgan fingerprint density at radius 1 is 1.12 bits per heavy atom.